The van der Waals surface area contributed by atoms with Gasteiger partial charge in [0.05, 0.1) is 25.0 Å². The zero-order valence-corrected chi connectivity index (χ0v) is 18.2. The summed E-state index contributed by atoms with van der Waals surface area (Å²) in [6.45, 7) is 5.93. The summed E-state index contributed by atoms with van der Waals surface area (Å²) >= 11 is 12.4. The van der Waals surface area contributed by atoms with Crippen LogP contribution in [0.5, 0.6) is 0 Å². The minimum Gasteiger partial charge on any atom is -0.390 e. The number of nitrogens with zero attached hydrogens (tertiary/aromatic N) is 2. The third kappa shape index (κ3) is 6.83. The van der Waals surface area contributed by atoms with Crippen molar-refractivity contribution in [3.05, 3.63) is 82.4 Å². The van der Waals surface area contributed by atoms with Gasteiger partial charge in [-0.05, 0) is 23.8 Å². The number of hydrogen-bond donors (Lipinski definition) is 1. The van der Waals surface area contributed by atoms with Gasteiger partial charge in [-0.15, -0.1) is 6.58 Å². The highest BCUT2D eigenvalue weighted by molar-refractivity contribution is 6.34. The normalized spacial score (nSPS) is 16.9. The first-order valence-corrected chi connectivity index (χ1v) is 10.6. The van der Waals surface area contributed by atoms with Gasteiger partial charge in [-0.25, -0.2) is 0 Å². The minimum atomic E-state index is -0.630. The summed E-state index contributed by atoms with van der Waals surface area (Å²) < 4.78 is 5.39. The van der Waals surface area contributed by atoms with E-state index in [1.54, 1.807) is 6.08 Å². The molecule has 0 saturated heterocycles. The molecule has 3 rings (SSSR count). The molecule has 1 aliphatic rings. The van der Waals surface area contributed by atoms with E-state index in [1.165, 1.54) is 0 Å². The minimum absolute atomic E-state index is 0.128. The number of hydrogen-bond acceptors (Lipinski definition) is 5. The van der Waals surface area contributed by atoms with Gasteiger partial charge in [0.25, 0.3) is 0 Å². The van der Waals surface area contributed by atoms with Gasteiger partial charge in [0.1, 0.15) is 6.10 Å². The second-order valence-electron chi connectivity index (χ2n) is 7.25. The highest BCUT2D eigenvalue weighted by atomic mass is 35.5. The molecule has 7 heteroatoms. The number of aliphatic hydroxyl groups is 1. The van der Waals surface area contributed by atoms with Crippen molar-refractivity contribution in [2.75, 3.05) is 26.3 Å². The Kier molecular flexibility index (Phi) is 8.73. The Hall–Kier alpha value is -1.89. The monoisotopic (exact) mass is 448 g/mol. The van der Waals surface area contributed by atoms with E-state index in [0.717, 1.165) is 16.8 Å². The molecule has 0 aliphatic carbocycles. The molecule has 30 heavy (non-hydrogen) atoms. The van der Waals surface area contributed by atoms with Gasteiger partial charge >= 0.3 is 0 Å². The van der Waals surface area contributed by atoms with Crippen molar-refractivity contribution in [3.8, 4) is 0 Å². The number of rotatable bonds is 11. The highest BCUT2D eigenvalue weighted by Gasteiger charge is 2.26. The molecule has 2 aromatic carbocycles. The Bertz CT molecular complexity index is 875. The first-order valence-electron chi connectivity index (χ1n) is 9.86. The van der Waals surface area contributed by atoms with Gasteiger partial charge in [-0.2, -0.15) is 0 Å². The number of benzene rings is 2. The zero-order valence-electron chi connectivity index (χ0n) is 16.7. The van der Waals surface area contributed by atoms with Crippen LogP contribution in [0.4, 0.5) is 0 Å². The third-order valence-electron chi connectivity index (χ3n) is 4.69. The Labute approximate surface area is 187 Å². The summed E-state index contributed by atoms with van der Waals surface area (Å²) in [5.41, 5.74) is 2.79. The van der Waals surface area contributed by atoms with Gasteiger partial charge in [-0.1, -0.05) is 64.8 Å². The molecule has 1 heterocycles. The summed E-state index contributed by atoms with van der Waals surface area (Å²) in [5, 5.41) is 16.0. The number of ether oxygens (including phenoxy) is 1. The van der Waals surface area contributed by atoms with Crippen LogP contribution in [0, 0.1) is 0 Å². The Morgan fingerprint density at radius 2 is 2.10 bits per heavy atom. The van der Waals surface area contributed by atoms with Crippen molar-refractivity contribution in [3.63, 3.8) is 0 Å². The lowest BCUT2D eigenvalue weighted by molar-refractivity contribution is 0.00336. The van der Waals surface area contributed by atoms with Crippen LogP contribution in [-0.2, 0) is 16.1 Å². The molecule has 2 aromatic rings. The van der Waals surface area contributed by atoms with Crippen LogP contribution < -0.4 is 0 Å². The lowest BCUT2D eigenvalue weighted by atomic mass is 10.0. The quantitative estimate of drug-likeness (QED) is 0.404. The van der Waals surface area contributed by atoms with Gasteiger partial charge in [0.2, 0.25) is 0 Å². The van der Waals surface area contributed by atoms with Crippen molar-refractivity contribution in [1.29, 1.82) is 0 Å². The van der Waals surface area contributed by atoms with Crippen LogP contribution in [0.3, 0.4) is 0 Å². The molecule has 0 spiro atoms. The van der Waals surface area contributed by atoms with Crippen molar-refractivity contribution >= 4 is 28.9 Å². The molecule has 0 saturated carbocycles. The zero-order chi connectivity index (χ0) is 21.3. The van der Waals surface area contributed by atoms with E-state index in [0.29, 0.717) is 42.7 Å². The van der Waals surface area contributed by atoms with E-state index < -0.39 is 6.10 Å². The van der Waals surface area contributed by atoms with E-state index >= 15 is 0 Å². The van der Waals surface area contributed by atoms with Crippen molar-refractivity contribution in [1.82, 2.24) is 4.90 Å². The molecule has 0 fully saturated rings. The van der Waals surface area contributed by atoms with Crippen LogP contribution >= 0.6 is 23.2 Å². The molecule has 1 aliphatic heterocycles. The topological polar surface area (TPSA) is 54.3 Å². The molecule has 160 valence electrons. The molecular weight excluding hydrogens is 423 g/mol. The Morgan fingerprint density at radius 3 is 2.87 bits per heavy atom. The van der Waals surface area contributed by atoms with Gasteiger partial charge in [0, 0.05) is 41.7 Å². The fourth-order valence-electron chi connectivity index (χ4n) is 3.40. The van der Waals surface area contributed by atoms with Crippen molar-refractivity contribution in [2.24, 2.45) is 5.16 Å². The van der Waals surface area contributed by atoms with E-state index in [2.05, 4.69) is 16.6 Å². The molecule has 5 nitrogen and oxygen atoms in total. The fraction of sp³-hybridized carbons (Fsp3) is 0.348. The fourth-order valence-corrected chi connectivity index (χ4v) is 3.86. The molecule has 0 aromatic heterocycles. The molecule has 2 atom stereocenters. The largest absolute Gasteiger partial charge is 0.390 e. The molecule has 0 amide bonds. The van der Waals surface area contributed by atoms with Crippen LogP contribution in [0.25, 0.3) is 0 Å². The molecule has 0 bridgehead atoms. The van der Waals surface area contributed by atoms with Crippen molar-refractivity contribution < 1.29 is 14.7 Å². The number of halogens is 2. The highest BCUT2D eigenvalue weighted by Crippen LogP contribution is 2.24. The standard InChI is InChI=1S/C23H26Cl2N2O3/c1-2-10-29-16-19(28)14-27(13-17-6-5-7-18(24)11-17)15-20-12-23(26-30-20)21-8-3-4-9-22(21)25/h2-9,11,19-20,28H,1,10,12-16H2. The van der Waals surface area contributed by atoms with Gasteiger partial charge < -0.3 is 14.7 Å². The first kappa shape index (κ1) is 22.8. The second kappa shape index (κ2) is 11.5. The second-order valence-corrected chi connectivity index (χ2v) is 8.10. The maximum Gasteiger partial charge on any atom is 0.145 e. The summed E-state index contributed by atoms with van der Waals surface area (Å²) in [4.78, 5) is 7.81. The first-order chi connectivity index (χ1) is 14.5. The van der Waals surface area contributed by atoms with Crippen molar-refractivity contribution in [2.45, 2.75) is 25.2 Å². The van der Waals surface area contributed by atoms with E-state index in [9.17, 15) is 5.11 Å². The van der Waals surface area contributed by atoms with Crippen LogP contribution in [-0.4, -0.2) is 54.2 Å². The average Bonchev–Trinajstić information content (AvgIpc) is 3.16. The Morgan fingerprint density at radius 1 is 1.27 bits per heavy atom. The summed E-state index contributed by atoms with van der Waals surface area (Å²) in [5.74, 6) is 0. The van der Waals surface area contributed by atoms with Crippen LogP contribution in [0.15, 0.2) is 66.3 Å². The lowest BCUT2D eigenvalue weighted by Crippen LogP contribution is -2.39. The maximum atomic E-state index is 10.4. The number of oxime groups is 1. The third-order valence-corrected chi connectivity index (χ3v) is 5.25. The van der Waals surface area contributed by atoms with E-state index in [1.807, 2.05) is 48.5 Å². The summed E-state index contributed by atoms with van der Waals surface area (Å²) in [7, 11) is 0. The lowest BCUT2D eigenvalue weighted by Gasteiger charge is -2.27. The molecule has 1 N–H and O–H groups in total. The SMILES string of the molecule is C=CCOCC(O)CN(Cc1cccc(Cl)c1)CC1CC(c2ccccc2Cl)=NO1. The predicted octanol–water partition coefficient (Wildman–Crippen LogP) is 4.55. The average molecular weight is 449 g/mol. The number of aliphatic hydroxyl groups excluding tert-OH is 1. The van der Waals surface area contributed by atoms with E-state index in [-0.39, 0.29) is 12.7 Å². The van der Waals surface area contributed by atoms with Crippen LogP contribution in [0.2, 0.25) is 10.0 Å². The van der Waals surface area contributed by atoms with E-state index in [4.69, 9.17) is 32.8 Å². The molecule has 0 radical (unpaired) electrons. The summed E-state index contributed by atoms with van der Waals surface area (Å²) in [6.07, 6.45) is 1.56. The molecular formula is C23H26Cl2N2O3. The van der Waals surface area contributed by atoms with Gasteiger partial charge in [-0.3, -0.25) is 4.90 Å². The predicted molar refractivity (Wildman–Crippen MR) is 121 cm³/mol. The van der Waals surface area contributed by atoms with Crippen LogP contribution in [0.1, 0.15) is 17.5 Å². The molecule has 2 unspecified atom stereocenters. The summed E-state index contributed by atoms with van der Waals surface area (Å²) in [6, 6.07) is 15.3. The van der Waals surface area contributed by atoms with Gasteiger partial charge in [0.15, 0.2) is 0 Å². The smallest absolute Gasteiger partial charge is 0.145 e. The Balaban J connectivity index is 1.63. The maximum absolute atomic E-state index is 10.4.